The Labute approximate surface area is 139 Å². The van der Waals surface area contributed by atoms with Crippen LogP contribution in [-0.4, -0.2) is 25.0 Å². The molecule has 0 aliphatic carbocycles. The zero-order chi connectivity index (χ0) is 16.1. The molecule has 0 aromatic heterocycles. The highest BCUT2D eigenvalue weighted by Gasteiger charge is 2.11. The third kappa shape index (κ3) is 4.40. The van der Waals surface area contributed by atoms with Crippen LogP contribution in [0.2, 0.25) is 0 Å². The maximum atomic E-state index is 5.42. The molecule has 0 radical (unpaired) electrons. The standard InChI is InChI=1S/C16H18N6S/c17-15(18)21-11-1-5-13(6-2-11)23-14-7-3-12(4-8-14)22-16-19-9-10-20-16/h1-8H,9-10H2,(H4,17,18,21)(H2,19,20,22)/p+2. The van der Waals surface area contributed by atoms with E-state index in [2.05, 4.69) is 44.9 Å². The van der Waals surface area contributed by atoms with Gasteiger partial charge in [0, 0.05) is 9.79 Å². The fourth-order valence-electron chi connectivity index (χ4n) is 2.19. The van der Waals surface area contributed by atoms with Crippen LogP contribution in [0.15, 0.2) is 58.3 Å². The van der Waals surface area contributed by atoms with E-state index < -0.39 is 0 Å². The lowest BCUT2D eigenvalue weighted by Crippen LogP contribution is -2.72. The van der Waals surface area contributed by atoms with Crippen molar-refractivity contribution in [2.45, 2.75) is 9.79 Å². The number of benzene rings is 2. The number of hydrogen-bond acceptors (Lipinski definition) is 3. The van der Waals surface area contributed by atoms with Crippen LogP contribution in [0.1, 0.15) is 0 Å². The molecule has 8 N–H and O–H groups in total. The Morgan fingerprint density at radius 3 is 2.26 bits per heavy atom. The zero-order valence-electron chi connectivity index (χ0n) is 12.6. The van der Waals surface area contributed by atoms with Crippen molar-refractivity contribution in [1.82, 2.24) is 5.32 Å². The average molecular weight is 328 g/mol. The maximum Gasteiger partial charge on any atom is 0.348 e. The van der Waals surface area contributed by atoms with Gasteiger partial charge in [-0.2, -0.15) is 0 Å². The van der Waals surface area contributed by atoms with Gasteiger partial charge in [0.15, 0.2) is 0 Å². The van der Waals surface area contributed by atoms with Gasteiger partial charge in [-0.3, -0.25) is 21.8 Å². The van der Waals surface area contributed by atoms with E-state index in [1.165, 1.54) is 4.90 Å². The number of guanidine groups is 2. The first kappa shape index (κ1) is 15.2. The number of hydrogen-bond donors (Lipinski definition) is 6. The van der Waals surface area contributed by atoms with E-state index in [9.17, 15) is 0 Å². The Morgan fingerprint density at radius 2 is 1.70 bits per heavy atom. The van der Waals surface area contributed by atoms with E-state index in [4.69, 9.17) is 11.5 Å². The summed E-state index contributed by atoms with van der Waals surface area (Å²) in [5.41, 5.74) is 12.8. The minimum Gasteiger partial charge on any atom is -0.291 e. The molecule has 0 saturated heterocycles. The number of anilines is 1. The van der Waals surface area contributed by atoms with Gasteiger partial charge in [-0.15, -0.1) is 0 Å². The van der Waals surface area contributed by atoms with Crippen molar-refractivity contribution in [2.75, 3.05) is 18.4 Å². The summed E-state index contributed by atoms with van der Waals surface area (Å²) in [6.45, 7) is 1.91. The molecule has 0 amide bonds. The lowest BCUT2D eigenvalue weighted by atomic mass is 10.3. The normalized spacial score (nSPS) is 13.1. The number of rotatable bonds is 4. The second-order valence-corrected chi connectivity index (χ2v) is 6.23. The monoisotopic (exact) mass is 328 g/mol. The second-order valence-electron chi connectivity index (χ2n) is 5.08. The van der Waals surface area contributed by atoms with Gasteiger partial charge in [-0.05, 0) is 48.5 Å². The van der Waals surface area contributed by atoms with E-state index in [0.717, 1.165) is 35.3 Å². The van der Waals surface area contributed by atoms with Crippen LogP contribution in [0.4, 0.5) is 11.4 Å². The van der Waals surface area contributed by atoms with Crippen LogP contribution >= 0.6 is 11.8 Å². The summed E-state index contributed by atoms with van der Waals surface area (Å²) in [7, 11) is 0. The van der Waals surface area contributed by atoms with Crippen molar-refractivity contribution in [2.24, 2.45) is 11.5 Å². The first-order chi connectivity index (χ1) is 11.2. The summed E-state index contributed by atoms with van der Waals surface area (Å²) in [4.78, 5) is 8.45. The first-order valence-corrected chi connectivity index (χ1v) is 8.15. The molecule has 0 saturated carbocycles. The Kier molecular flexibility index (Phi) is 4.68. The van der Waals surface area contributed by atoms with Crippen molar-refractivity contribution in [3.05, 3.63) is 48.5 Å². The van der Waals surface area contributed by atoms with Gasteiger partial charge in [0.25, 0.3) is 0 Å². The smallest absolute Gasteiger partial charge is 0.291 e. The van der Waals surface area contributed by atoms with Gasteiger partial charge in [0.2, 0.25) is 0 Å². The van der Waals surface area contributed by atoms with Gasteiger partial charge in [0.1, 0.15) is 0 Å². The van der Waals surface area contributed by atoms with E-state index in [1.54, 1.807) is 11.8 Å². The highest BCUT2D eigenvalue weighted by Crippen LogP contribution is 2.28. The van der Waals surface area contributed by atoms with E-state index in [0.29, 0.717) is 0 Å². The molecule has 2 aromatic rings. The molecule has 7 heteroatoms. The Balaban J connectivity index is 1.62. The van der Waals surface area contributed by atoms with Crippen molar-refractivity contribution in [3.63, 3.8) is 0 Å². The van der Waals surface area contributed by atoms with Gasteiger partial charge in [0.05, 0.1) is 24.5 Å². The summed E-state index contributed by atoms with van der Waals surface area (Å²) < 4.78 is 0. The molecule has 1 heterocycles. The van der Waals surface area contributed by atoms with E-state index in [1.807, 2.05) is 24.3 Å². The van der Waals surface area contributed by atoms with Crippen molar-refractivity contribution in [3.8, 4) is 0 Å². The number of nitrogens with one attached hydrogen (secondary N) is 4. The summed E-state index contributed by atoms with van der Waals surface area (Å²) in [5, 5.41) is 6.55. The van der Waals surface area contributed by atoms with Crippen LogP contribution in [-0.2, 0) is 0 Å². The fourth-order valence-corrected chi connectivity index (χ4v) is 3.00. The maximum absolute atomic E-state index is 5.42. The average Bonchev–Trinajstić information content (AvgIpc) is 3.04. The van der Waals surface area contributed by atoms with Crippen LogP contribution in [0.5, 0.6) is 0 Å². The predicted octanol–water partition coefficient (Wildman–Crippen LogP) is -1.72. The van der Waals surface area contributed by atoms with Crippen molar-refractivity contribution >= 4 is 35.1 Å². The molecule has 0 unspecified atom stereocenters. The van der Waals surface area contributed by atoms with E-state index in [-0.39, 0.29) is 5.96 Å². The van der Waals surface area contributed by atoms with Gasteiger partial charge in [-0.25, -0.2) is 10.3 Å². The molecule has 23 heavy (non-hydrogen) atoms. The molecule has 0 bridgehead atoms. The lowest BCUT2D eigenvalue weighted by Gasteiger charge is -2.04. The molecular formula is C16H20N6S+2. The first-order valence-electron chi connectivity index (χ1n) is 7.34. The molecule has 0 spiro atoms. The highest BCUT2D eigenvalue weighted by atomic mass is 32.2. The van der Waals surface area contributed by atoms with Crippen LogP contribution in [0.3, 0.4) is 0 Å². The molecule has 1 aliphatic heterocycles. The summed E-state index contributed by atoms with van der Waals surface area (Å²) >= 11 is 1.70. The van der Waals surface area contributed by atoms with Crippen LogP contribution in [0, 0.1) is 0 Å². The molecule has 2 aromatic carbocycles. The van der Waals surface area contributed by atoms with Gasteiger partial charge >= 0.3 is 11.9 Å². The predicted molar refractivity (Wildman–Crippen MR) is 93.5 cm³/mol. The molecule has 0 fully saturated rings. The SMILES string of the molecule is NC(N)=[NH+]c1ccc(Sc2ccc(NC3=[NH+]CCN3)cc2)cc1. The van der Waals surface area contributed by atoms with Gasteiger partial charge < -0.3 is 0 Å². The molecule has 1 aliphatic rings. The minimum atomic E-state index is 0.192. The minimum absolute atomic E-state index is 0.192. The van der Waals surface area contributed by atoms with Gasteiger partial charge in [-0.1, -0.05) is 11.8 Å². The quantitative estimate of drug-likeness (QED) is 0.296. The summed E-state index contributed by atoms with van der Waals surface area (Å²) in [5.74, 6) is 1.15. The fraction of sp³-hybridized carbons (Fsp3) is 0.125. The Morgan fingerprint density at radius 1 is 1.04 bits per heavy atom. The second kappa shape index (κ2) is 7.06. The molecule has 6 nitrogen and oxygen atoms in total. The topological polar surface area (TPSA) is 104 Å². The number of nitrogens with two attached hydrogens (primary N) is 2. The molecular weight excluding hydrogens is 308 g/mol. The van der Waals surface area contributed by atoms with Crippen LogP contribution in [0.25, 0.3) is 0 Å². The highest BCUT2D eigenvalue weighted by molar-refractivity contribution is 7.99. The van der Waals surface area contributed by atoms with Crippen molar-refractivity contribution in [1.29, 1.82) is 0 Å². The molecule has 0 atom stereocenters. The third-order valence-corrected chi connectivity index (χ3v) is 4.25. The lowest BCUT2D eigenvalue weighted by molar-refractivity contribution is -0.444. The zero-order valence-corrected chi connectivity index (χ0v) is 13.4. The molecule has 3 rings (SSSR count). The van der Waals surface area contributed by atoms with Crippen molar-refractivity contribution < 1.29 is 9.98 Å². The molecule has 118 valence electrons. The van der Waals surface area contributed by atoms with Crippen LogP contribution < -0.4 is 32.1 Å². The summed E-state index contributed by atoms with van der Waals surface area (Å²) in [6.07, 6.45) is 0. The third-order valence-electron chi connectivity index (χ3n) is 3.23. The van der Waals surface area contributed by atoms with E-state index >= 15 is 0 Å². The summed E-state index contributed by atoms with van der Waals surface area (Å²) in [6, 6.07) is 16.3. The Hall–Kier alpha value is -2.67. The largest absolute Gasteiger partial charge is 0.348 e. The Bertz CT molecular complexity index is 717.